The summed E-state index contributed by atoms with van der Waals surface area (Å²) >= 11 is 0. The number of methoxy groups -OCH3 is 1. The minimum atomic E-state index is 0.127. The van der Waals surface area contributed by atoms with Gasteiger partial charge in [0.25, 0.3) is 0 Å². The van der Waals surface area contributed by atoms with E-state index in [1.54, 1.807) is 13.4 Å². The predicted molar refractivity (Wildman–Crippen MR) is 127 cm³/mol. The number of ether oxygens (including phenoxy) is 1. The van der Waals surface area contributed by atoms with Crippen molar-refractivity contribution in [2.24, 2.45) is 0 Å². The van der Waals surface area contributed by atoms with Crippen LogP contribution in [0.2, 0.25) is 0 Å². The topological polar surface area (TPSA) is 47.4 Å². The molecule has 1 fully saturated rings. The summed E-state index contributed by atoms with van der Waals surface area (Å²) in [5.74, 6) is 0.880. The van der Waals surface area contributed by atoms with E-state index >= 15 is 0 Å². The standard InChI is InChI=1S/C27H27N3O2/c1-19-16-30(18-28-19)25-11-10-20(15-26(25)32-2)14-22-12-13-29(27(22)31)17-23-8-5-7-21-6-3-4-9-24(21)23/h3-4,6,8-11,14-16,18H,5,7,12-13,17H2,1-2H3/b22-14+. The molecule has 5 rings (SSSR count). The van der Waals surface area contributed by atoms with Crippen LogP contribution in [-0.4, -0.2) is 40.6 Å². The molecule has 162 valence electrons. The number of nitrogens with zero attached hydrogens (tertiary/aromatic N) is 3. The van der Waals surface area contributed by atoms with Crippen LogP contribution in [0.1, 0.15) is 35.2 Å². The van der Waals surface area contributed by atoms with Gasteiger partial charge in [-0.1, -0.05) is 36.4 Å². The van der Waals surface area contributed by atoms with Crippen molar-refractivity contribution in [1.29, 1.82) is 0 Å². The van der Waals surface area contributed by atoms with Crippen molar-refractivity contribution in [2.75, 3.05) is 20.2 Å². The number of benzene rings is 2. The van der Waals surface area contributed by atoms with Gasteiger partial charge in [-0.2, -0.15) is 0 Å². The molecule has 1 aliphatic heterocycles. The van der Waals surface area contributed by atoms with E-state index in [0.29, 0.717) is 6.54 Å². The molecular formula is C27H27N3O2. The molecule has 0 radical (unpaired) electrons. The van der Waals surface area contributed by atoms with E-state index in [1.807, 2.05) is 46.9 Å². The van der Waals surface area contributed by atoms with Gasteiger partial charge in [0, 0.05) is 24.9 Å². The number of rotatable bonds is 5. The van der Waals surface area contributed by atoms with Crippen molar-refractivity contribution < 1.29 is 9.53 Å². The summed E-state index contributed by atoms with van der Waals surface area (Å²) in [6.45, 7) is 3.39. The Morgan fingerprint density at radius 2 is 2.03 bits per heavy atom. The third-order valence-corrected chi connectivity index (χ3v) is 6.28. The molecule has 0 bridgehead atoms. The summed E-state index contributed by atoms with van der Waals surface area (Å²) in [7, 11) is 1.66. The van der Waals surface area contributed by atoms with E-state index < -0.39 is 0 Å². The molecule has 3 aromatic rings. The maximum absolute atomic E-state index is 13.1. The second-order valence-electron chi connectivity index (χ2n) is 8.43. The van der Waals surface area contributed by atoms with Gasteiger partial charge in [-0.05, 0) is 66.7 Å². The molecule has 0 N–H and O–H groups in total. The number of likely N-dealkylation sites (tertiary alicyclic amines) is 1. The number of allylic oxidation sites excluding steroid dienone is 1. The van der Waals surface area contributed by atoms with Gasteiger partial charge in [-0.3, -0.25) is 4.79 Å². The van der Waals surface area contributed by atoms with Crippen LogP contribution in [0.25, 0.3) is 17.3 Å². The highest BCUT2D eigenvalue weighted by Gasteiger charge is 2.27. The van der Waals surface area contributed by atoms with Gasteiger partial charge in [-0.15, -0.1) is 0 Å². The van der Waals surface area contributed by atoms with Gasteiger partial charge >= 0.3 is 0 Å². The average Bonchev–Trinajstić information content (AvgIpc) is 3.40. The summed E-state index contributed by atoms with van der Waals surface area (Å²) in [6, 6.07) is 14.6. The Hall–Kier alpha value is -3.60. The van der Waals surface area contributed by atoms with Crippen molar-refractivity contribution in [3.63, 3.8) is 0 Å². The molecule has 5 nitrogen and oxygen atoms in total. The number of imidazole rings is 1. The summed E-state index contributed by atoms with van der Waals surface area (Å²) < 4.78 is 7.56. The van der Waals surface area contributed by atoms with Gasteiger partial charge in [0.15, 0.2) is 0 Å². The molecule has 32 heavy (non-hydrogen) atoms. The molecule has 0 spiro atoms. The summed E-state index contributed by atoms with van der Waals surface area (Å²) in [4.78, 5) is 19.4. The van der Waals surface area contributed by atoms with Gasteiger partial charge in [0.05, 0.1) is 24.8 Å². The highest BCUT2D eigenvalue weighted by molar-refractivity contribution is 6.00. The average molecular weight is 426 g/mol. The normalized spacial score (nSPS) is 16.9. The highest BCUT2D eigenvalue weighted by Crippen LogP contribution is 2.31. The molecule has 5 heteroatoms. The van der Waals surface area contributed by atoms with Crippen LogP contribution in [-0.2, 0) is 11.2 Å². The summed E-state index contributed by atoms with van der Waals surface area (Å²) in [6.07, 6.45) is 10.9. The molecule has 2 heterocycles. The van der Waals surface area contributed by atoms with Gasteiger partial charge in [0.1, 0.15) is 5.75 Å². The molecule has 1 saturated heterocycles. The lowest BCUT2D eigenvalue weighted by atomic mass is 9.90. The number of carbonyl (C=O) groups excluding carboxylic acids is 1. The number of hydrogen-bond acceptors (Lipinski definition) is 3. The number of fused-ring (bicyclic) bond motifs is 1. The predicted octanol–water partition coefficient (Wildman–Crippen LogP) is 4.83. The first-order chi connectivity index (χ1) is 15.6. The Morgan fingerprint density at radius 3 is 2.84 bits per heavy atom. The molecule has 1 aromatic heterocycles. The van der Waals surface area contributed by atoms with Crippen LogP contribution in [0.5, 0.6) is 5.75 Å². The number of carbonyl (C=O) groups is 1. The zero-order valence-electron chi connectivity index (χ0n) is 18.5. The SMILES string of the molecule is COc1cc(/C=C2\CCN(CC3=CCCc4ccccc43)C2=O)ccc1-n1cnc(C)c1. The Morgan fingerprint density at radius 1 is 1.16 bits per heavy atom. The second kappa shape index (κ2) is 8.50. The molecule has 2 aliphatic rings. The van der Waals surface area contributed by atoms with Gasteiger partial charge in [-0.25, -0.2) is 4.98 Å². The quantitative estimate of drug-likeness (QED) is 0.550. The van der Waals surface area contributed by atoms with Crippen LogP contribution in [0, 0.1) is 6.92 Å². The van der Waals surface area contributed by atoms with Crippen molar-refractivity contribution in [3.05, 3.63) is 89.0 Å². The van der Waals surface area contributed by atoms with E-state index in [1.165, 1.54) is 16.7 Å². The van der Waals surface area contributed by atoms with Crippen molar-refractivity contribution in [1.82, 2.24) is 14.5 Å². The smallest absolute Gasteiger partial charge is 0.250 e. The van der Waals surface area contributed by atoms with E-state index in [0.717, 1.165) is 54.1 Å². The zero-order chi connectivity index (χ0) is 22.1. The first kappa shape index (κ1) is 20.3. The van der Waals surface area contributed by atoms with Crippen LogP contribution in [0.3, 0.4) is 0 Å². The van der Waals surface area contributed by atoms with Crippen molar-refractivity contribution in [2.45, 2.75) is 26.2 Å². The summed E-state index contributed by atoms with van der Waals surface area (Å²) in [5, 5.41) is 0. The third-order valence-electron chi connectivity index (χ3n) is 6.28. The molecule has 1 amide bonds. The lowest BCUT2D eigenvalue weighted by Crippen LogP contribution is -2.27. The number of amides is 1. The van der Waals surface area contributed by atoms with Crippen molar-refractivity contribution >= 4 is 17.6 Å². The molecule has 0 saturated carbocycles. The fourth-order valence-corrected chi connectivity index (χ4v) is 4.62. The fourth-order valence-electron chi connectivity index (χ4n) is 4.62. The van der Waals surface area contributed by atoms with Crippen LogP contribution in [0.4, 0.5) is 0 Å². The summed E-state index contributed by atoms with van der Waals surface area (Å²) in [5.41, 5.74) is 7.63. The largest absolute Gasteiger partial charge is 0.495 e. The van der Waals surface area contributed by atoms with E-state index in [2.05, 4.69) is 35.3 Å². The number of hydrogen-bond donors (Lipinski definition) is 0. The fraction of sp³-hybridized carbons (Fsp3) is 0.259. The van der Waals surface area contributed by atoms with Gasteiger partial charge in [0.2, 0.25) is 5.91 Å². The monoisotopic (exact) mass is 425 g/mol. The highest BCUT2D eigenvalue weighted by atomic mass is 16.5. The Kier molecular flexibility index (Phi) is 5.39. The molecule has 1 aliphatic carbocycles. The number of aromatic nitrogens is 2. The van der Waals surface area contributed by atoms with E-state index in [4.69, 9.17) is 4.74 Å². The molecule has 0 unspecified atom stereocenters. The molecular weight excluding hydrogens is 398 g/mol. The molecule has 2 aromatic carbocycles. The maximum Gasteiger partial charge on any atom is 0.250 e. The third kappa shape index (κ3) is 3.86. The minimum Gasteiger partial charge on any atom is -0.495 e. The van der Waals surface area contributed by atoms with Crippen LogP contribution >= 0.6 is 0 Å². The Balaban J connectivity index is 1.35. The molecule has 0 atom stereocenters. The first-order valence-corrected chi connectivity index (χ1v) is 11.1. The van der Waals surface area contributed by atoms with Crippen LogP contribution in [0.15, 0.2) is 66.6 Å². The van der Waals surface area contributed by atoms with Crippen LogP contribution < -0.4 is 4.74 Å². The lowest BCUT2D eigenvalue weighted by molar-refractivity contribution is -0.124. The van der Waals surface area contributed by atoms with Gasteiger partial charge < -0.3 is 14.2 Å². The Bertz CT molecular complexity index is 1240. The zero-order valence-corrected chi connectivity index (χ0v) is 18.5. The van der Waals surface area contributed by atoms with E-state index in [-0.39, 0.29) is 5.91 Å². The number of aryl methyl sites for hydroxylation is 2. The minimum absolute atomic E-state index is 0.127. The second-order valence-corrected chi connectivity index (χ2v) is 8.43. The first-order valence-electron chi connectivity index (χ1n) is 11.1. The maximum atomic E-state index is 13.1. The van der Waals surface area contributed by atoms with E-state index in [9.17, 15) is 4.79 Å². The lowest BCUT2D eigenvalue weighted by Gasteiger charge is -2.22. The van der Waals surface area contributed by atoms with Crippen molar-refractivity contribution in [3.8, 4) is 11.4 Å². The Labute approximate surface area is 188 Å².